The molecule has 1 aliphatic rings. The molecule has 1 N–H and O–H groups in total. The number of nitrogens with one attached hydrogen (secondary N) is 1. The van der Waals surface area contributed by atoms with E-state index in [9.17, 15) is 14.4 Å². The van der Waals surface area contributed by atoms with Crippen molar-refractivity contribution < 1.29 is 9.18 Å². The van der Waals surface area contributed by atoms with Crippen molar-refractivity contribution in [2.45, 2.75) is 39.7 Å². The van der Waals surface area contributed by atoms with E-state index in [1.807, 2.05) is 18.2 Å². The number of rotatable bonds is 5. The number of allylic oxidation sites excluding steroid dienone is 1. The number of halogens is 2. The second-order valence-electron chi connectivity index (χ2n) is 8.15. The summed E-state index contributed by atoms with van der Waals surface area (Å²) in [6.45, 7) is 9.42. The van der Waals surface area contributed by atoms with Gasteiger partial charge >= 0.3 is 0 Å². The Morgan fingerprint density at radius 2 is 1.97 bits per heavy atom. The fourth-order valence-corrected chi connectivity index (χ4v) is 4.11. The van der Waals surface area contributed by atoms with Crippen molar-refractivity contribution in [1.82, 2.24) is 0 Å². The molecule has 6 heteroatoms. The van der Waals surface area contributed by atoms with Crippen molar-refractivity contribution in [2.75, 3.05) is 16.8 Å². The van der Waals surface area contributed by atoms with Crippen LogP contribution in [0.25, 0.3) is 11.6 Å². The molecule has 0 saturated heterocycles. The van der Waals surface area contributed by atoms with Crippen molar-refractivity contribution >= 4 is 40.5 Å². The SMILES string of the molecule is CCCN1c2cc(Cl)c(/C=C(\C#N)C(=O)Nc3ccc(F)cc3)cc2C(C)=CC1(C)C. The van der Waals surface area contributed by atoms with Gasteiger partial charge in [-0.05, 0) is 80.8 Å². The van der Waals surface area contributed by atoms with Gasteiger partial charge in [0.1, 0.15) is 17.5 Å². The average Bonchev–Trinajstić information content (AvgIpc) is 2.71. The third-order valence-electron chi connectivity index (χ3n) is 5.31. The maximum atomic E-state index is 13.1. The summed E-state index contributed by atoms with van der Waals surface area (Å²) in [6.07, 6.45) is 4.70. The molecule has 0 radical (unpaired) electrons. The van der Waals surface area contributed by atoms with Crippen LogP contribution < -0.4 is 10.2 Å². The lowest BCUT2D eigenvalue weighted by atomic mass is 9.87. The predicted molar refractivity (Wildman–Crippen MR) is 125 cm³/mol. The molecule has 0 spiro atoms. The van der Waals surface area contributed by atoms with Gasteiger partial charge in [-0.2, -0.15) is 5.26 Å². The fraction of sp³-hybridized carbons (Fsp3) is 0.280. The molecule has 2 aromatic rings. The lowest BCUT2D eigenvalue weighted by molar-refractivity contribution is -0.112. The molecule has 0 aromatic heterocycles. The van der Waals surface area contributed by atoms with E-state index in [4.69, 9.17) is 11.6 Å². The van der Waals surface area contributed by atoms with Crippen molar-refractivity contribution in [3.63, 3.8) is 0 Å². The van der Waals surface area contributed by atoms with Gasteiger partial charge in [0.25, 0.3) is 5.91 Å². The summed E-state index contributed by atoms with van der Waals surface area (Å²) in [4.78, 5) is 14.9. The van der Waals surface area contributed by atoms with Crippen LogP contribution in [0, 0.1) is 17.1 Å². The Morgan fingerprint density at radius 1 is 1.29 bits per heavy atom. The number of hydrogen-bond donors (Lipinski definition) is 1. The van der Waals surface area contributed by atoms with Gasteiger partial charge in [0.15, 0.2) is 0 Å². The van der Waals surface area contributed by atoms with E-state index in [-0.39, 0.29) is 11.1 Å². The highest BCUT2D eigenvalue weighted by Gasteiger charge is 2.31. The van der Waals surface area contributed by atoms with E-state index in [1.54, 1.807) is 0 Å². The van der Waals surface area contributed by atoms with Gasteiger partial charge in [0.2, 0.25) is 0 Å². The number of anilines is 2. The molecule has 0 bridgehead atoms. The first kappa shape index (κ1) is 22.6. The van der Waals surface area contributed by atoms with Crippen LogP contribution in [0.3, 0.4) is 0 Å². The van der Waals surface area contributed by atoms with Crippen LogP contribution in [0.2, 0.25) is 5.02 Å². The number of fused-ring (bicyclic) bond motifs is 1. The lowest BCUT2D eigenvalue weighted by Gasteiger charge is -2.43. The zero-order valence-corrected chi connectivity index (χ0v) is 18.8. The van der Waals surface area contributed by atoms with E-state index in [0.29, 0.717) is 16.3 Å². The Kier molecular flexibility index (Phi) is 6.52. The molecule has 3 rings (SSSR count). The molecule has 1 amide bonds. The van der Waals surface area contributed by atoms with Gasteiger partial charge in [-0.15, -0.1) is 0 Å². The summed E-state index contributed by atoms with van der Waals surface area (Å²) >= 11 is 6.58. The van der Waals surface area contributed by atoms with E-state index in [0.717, 1.165) is 29.8 Å². The van der Waals surface area contributed by atoms with Gasteiger partial charge in [-0.1, -0.05) is 24.6 Å². The number of amides is 1. The number of benzene rings is 2. The molecule has 31 heavy (non-hydrogen) atoms. The zero-order valence-electron chi connectivity index (χ0n) is 18.1. The summed E-state index contributed by atoms with van der Waals surface area (Å²) in [5, 5.41) is 12.6. The highest BCUT2D eigenvalue weighted by Crippen LogP contribution is 2.41. The van der Waals surface area contributed by atoms with Crippen LogP contribution in [-0.4, -0.2) is 18.0 Å². The van der Waals surface area contributed by atoms with E-state index >= 15 is 0 Å². The second kappa shape index (κ2) is 8.95. The number of carbonyl (C=O) groups excluding carboxylic acids is 1. The van der Waals surface area contributed by atoms with Gasteiger partial charge in [0.05, 0.1) is 5.54 Å². The molecule has 1 heterocycles. The third-order valence-corrected chi connectivity index (χ3v) is 5.64. The Bertz CT molecular complexity index is 1110. The molecular weight excluding hydrogens is 413 g/mol. The van der Waals surface area contributed by atoms with Crippen molar-refractivity contribution in [3.8, 4) is 6.07 Å². The smallest absolute Gasteiger partial charge is 0.266 e. The zero-order chi connectivity index (χ0) is 22.8. The van der Waals surface area contributed by atoms with Crippen LogP contribution in [0.5, 0.6) is 0 Å². The lowest BCUT2D eigenvalue weighted by Crippen LogP contribution is -2.45. The molecule has 0 saturated carbocycles. The minimum absolute atomic E-state index is 0.0886. The molecule has 160 valence electrons. The van der Waals surface area contributed by atoms with Crippen molar-refractivity contribution in [3.05, 3.63) is 70.0 Å². The van der Waals surface area contributed by atoms with Gasteiger partial charge < -0.3 is 10.2 Å². The van der Waals surface area contributed by atoms with Gasteiger partial charge in [0, 0.05) is 28.5 Å². The molecule has 0 fully saturated rings. The van der Waals surface area contributed by atoms with Gasteiger partial charge in [-0.25, -0.2) is 4.39 Å². The predicted octanol–water partition coefficient (Wildman–Crippen LogP) is 6.44. The van der Waals surface area contributed by atoms with Crippen molar-refractivity contribution in [2.24, 2.45) is 0 Å². The van der Waals surface area contributed by atoms with Crippen LogP contribution >= 0.6 is 11.6 Å². The Labute approximate surface area is 187 Å². The van der Waals surface area contributed by atoms with E-state index in [2.05, 4.69) is 44.0 Å². The molecule has 0 aliphatic carbocycles. The third kappa shape index (κ3) is 4.81. The number of carbonyl (C=O) groups is 1. The molecular formula is C25H25ClFN3O. The highest BCUT2D eigenvalue weighted by atomic mass is 35.5. The monoisotopic (exact) mass is 437 g/mol. The maximum Gasteiger partial charge on any atom is 0.266 e. The summed E-state index contributed by atoms with van der Waals surface area (Å²) in [6, 6.07) is 11.1. The highest BCUT2D eigenvalue weighted by molar-refractivity contribution is 6.32. The molecule has 0 atom stereocenters. The number of hydrogen-bond acceptors (Lipinski definition) is 3. The Morgan fingerprint density at radius 3 is 2.58 bits per heavy atom. The molecule has 1 aliphatic heterocycles. The average molecular weight is 438 g/mol. The minimum Gasteiger partial charge on any atom is -0.362 e. The summed E-state index contributed by atoms with van der Waals surface area (Å²) in [7, 11) is 0. The normalized spacial score (nSPS) is 15.1. The molecule has 2 aromatic carbocycles. The minimum atomic E-state index is -0.580. The molecule has 4 nitrogen and oxygen atoms in total. The Balaban J connectivity index is 1.98. The summed E-state index contributed by atoms with van der Waals surface area (Å²) in [5.41, 5.74) is 3.96. The first-order chi connectivity index (χ1) is 14.7. The van der Waals surface area contributed by atoms with E-state index in [1.165, 1.54) is 30.3 Å². The van der Waals surface area contributed by atoms with Crippen LogP contribution in [0.4, 0.5) is 15.8 Å². The van der Waals surface area contributed by atoms with Crippen LogP contribution in [-0.2, 0) is 4.79 Å². The van der Waals surface area contributed by atoms with Crippen LogP contribution in [0.15, 0.2) is 48.0 Å². The van der Waals surface area contributed by atoms with Gasteiger partial charge in [-0.3, -0.25) is 4.79 Å². The van der Waals surface area contributed by atoms with E-state index < -0.39 is 11.7 Å². The fourth-order valence-electron chi connectivity index (χ4n) is 3.89. The summed E-state index contributed by atoms with van der Waals surface area (Å²) in [5.74, 6) is -0.984. The standard InChI is InChI=1S/C25H25ClFN3O/c1-5-10-30-23-13-22(26)17(12-21(23)16(2)14-25(30,3)4)11-18(15-28)24(31)29-20-8-6-19(27)7-9-20/h6-9,11-14H,5,10H2,1-4H3,(H,29,31)/b18-11+. The second-order valence-corrected chi connectivity index (χ2v) is 8.56. The summed E-state index contributed by atoms with van der Waals surface area (Å²) < 4.78 is 13.1. The first-order valence-electron chi connectivity index (χ1n) is 10.2. The van der Waals surface area contributed by atoms with Crippen LogP contribution in [0.1, 0.15) is 45.2 Å². The van der Waals surface area contributed by atoms with Crippen molar-refractivity contribution in [1.29, 1.82) is 5.26 Å². The maximum absolute atomic E-state index is 13.1. The number of nitrogens with zero attached hydrogens (tertiary/aromatic N) is 2. The first-order valence-corrected chi connectivity index (χ1v) is 10.5. The topological polar surface area (TPSA) is 56.1 Å². The molecule has 0 unspecified atom stereocenters. The quantitative estimate of drug-likeness (QED) is 0.432. The Hall–Kier alpha value is -3.10. The number of nitriles is 1. The largest absolute Gasteiger partial charge is 0.362 e.